The number of alkyl halides is 1. The van der Waals surface area contributed by atoms with Crippen molar-refractivity contribution in [1.29, 1.82) is 0 Å². The first-order valence-electron chi connectivity index (χ1n) is 20.5. The minimum absolute atomic E-state index is 0.0300. The van der Waals surface area contributed by atoms with Crippen LogP contribution in [0.3, 0.4) is 0 Å². The van der Waals surface area contributed by atoms with Gasteiger partial charge in [0.2, 0.25) is 0 Å². The molecule has 2 aliphatic heterocycles. The Morgan fingerprint density at radius 2 is 1.00 bits per heavy atom. The van der Waals surface area contributed by atoms with Crippen LogP contribution in [-0.2, 0) is 52.3 Å². The van der Waals surface area contributed by atoms with Crippen molar-refractivity contribution >= 4 is 52.9 Å². The Balaban J connectivity index is 0.000000356. The highest BCUT2D eigenvalue weighted by atomic mass is 35.5. The Hall–Kier alpha value is -6.64. The summed E-state index contributed by atoms with van der Waals surface area (Å²) in [5.41, 5.74) is 0.719. The Morgan fingerprint density at radius 3 is 1.39 bits per heavy atom. The minimum atomic E-state index is -1.14. The average molecular weight is 943 g/mol. The fraction of sp³-hybridized carbons (Fsp3) is 0.444. The first-order chi connectivity index (χ1) is 31.1. The van der Waals surface area contributed by atoms with Gasteiger partial charge in [-0.2, -0.15) is 0 Å². The number of benzene rings is 2. The van der Waals surface area contributed by atoms with Crippen molar-refractivity contribution in [3.05, 3.63) is 125 Å². The van der Waals surface area contributed by atoms with Gasteiger partial charge in [-0.05, 0) is 73.4 Å². The highest BCUT2D eigenvalue weighted by Gasteiger charge is 2.44. The van der Waals surface area contributed by atoms with Gasteiger partial charge in [0.1, 0.15) is 13.2 Å². The maximum atomic E-state index is 13.3. The third-order valence-corrected chi connectivity index (χ3v) is 9.76. The molecule has 4 rings (SSSR count). The van der Waals surface area contributed by atoms with Crippen molar-refractivity contribution in [3.8, 4) is 0 Å². The summed E-state index contributed by atoms with van der Waals surface area (Å²) >= 11 is 5.85. The average Bonchev–Trinajstić information content (AvgIpc) is 3.22. The molecule has 0 aliphatic carbocycles. The van der Waals surface area contributed by atoms with Crippen molar-refractivity contribution in [2.24, 2.45) is 0 Å². The molecule has 0 aromatic heterocycles. The van der Waals surface area contributed by atoms with Crippen molar-refractivity contribution in [1.82, 2.24) is 10.2 Å². The standard InChI is InChI=1S/C24H29ClN2O9.C21H26N2O7/c1-13(2)35-23(29)20-15(4)26(24(30)36-16(5)25)14(3)19(22(28)34-11-10-33-6)21(20)17-8-7-9-18(12-17)27(31)32;1-12(2)30-21(25)18-14(4)22-13(3)17(20(24)29-10-9-28-5)19(18)15-7-6-8-16(11-15)23(26)27/h7-9,12-13,16,21H,10-11H2,1-6H3;6-8,11-12,19,22H,9-10H2,1-5H3. The molecular formula is C45H55ClN4O16. The Bertz CT molecular complexity index is 2320. The van der Waals surface area contributed by atoms with Gasteiger partial charge in [0, 0.05) is 61.3 Å². The second-order valence-corrected chi connectivity index (χ2v) is 15.8. The largest absolute Gasteiger partial charge is 0.460 e. The first kappa shape index (κ1) is 53.7. The molecule has 21 heteroatoms. The number of dihydropyridines is 1. The van der Waals surface area contributed by atoms with E-state index in [4.69, 9.17) is 44.8 Å². The molecule has 20 nitrogen and oxygen atoms in total. The van der Waals surface area contributed by atoms with Gasteiger partial charge in [-0.15, -0.1) is 0 Å². The maximum absolute atomic E-state index is 13.3. The van der Waals surface area contributed by atoms with Crippen LogP contribution in [0.5, 0.6) is 0 Å². The number of hydrogen-bond acceptors (Lipinski definition) is 17. The van der Waals surface area contributed by atoms with Crippen LogP contribution >= 0.6 is 11.6 Å². The summed E-state index contributed by atoms with van der Waals surface area (Å²) in [5, 5.41) is 25.8. The van der Waals surface area contributed by atoms with E-state index in [1.54, 1.807) is 47.6 Å². The lowest BCUT2D eigenvalue weighted by molar-refractivity contribution is -0.385. The van der Waals surface area contributed by atoms with Crippen LogP contribution < -0.4 is 5.32 Å². The van der Waals surface area contributed by atoms with Crippen molar-refractivity contribution in [3.63, 3.8) is 0 Å². The van der Waals surface area contributed by atoms with Crippen LogP contribution in [0, 0.1) is 20.2 Å². The number of non-ortho nitro benzene ring substituents is 2. The van der Waals surface area contributed by atoms with Gasteiger partial charge in [-0.25, -0.2) is 24.0 Å². The number of ether oxygens (including phenoxy) is 7. The molecule has 2 aliphatic rings. The third-order valence-electron chi connectivity index (χ3n) is 9.67. The summed E-state index contributed by atoms with van der Waals surface area (Å²) in [7, 11) is 2.92. The van der Waals surface area contributed by atoms with E-state index in [-0.39, 0.29) is 83.2 Å². The van der Waals surface area contributed by atoms with E-state index in [0.29, 0.717) is 17.0 Å². The second-order valence-electron chi connectivity index (χ2n) is 15.2. The highest BCUT2D eigenvalue weighted by Crippen LogP contribution is 2.44. The predicted octanol–water partition coefficient (Wildman–Crippen LogP) is 7.38. The summed E-state index contributed by atoms with van der Waals surface area (Å²) in [6, 6.07) is 11.4. The van der Waals surface area contributed by atoms with E-state index in [9.17, 15) is 44.2 Å². The molecule has 0 bridgehead atoms. The molecule has 358 valence electrons. The zero-order valence-electron chi connectivity index (χ0n) is 38.6. The number of carbonyl (C=O) groups excluding carboxylic acids is 5. The van der Waals surface area contributed by atoms with Crippen molar-refractivity contribution in [2.45, 2.75) is 91.9 Å². The van der Waals surface area contributed by atoms with Crippen LogP contribution in [0.15, 0.2) is 93.6 Å². The number of nitrogens with one attached hydrogen (secondary N) is 1. The molecule has 0 saturated heterocycles. The van der Waals surface area contributed by atoms with E-state index in [2.05, 4.69) is 5.32 Å². The summed E-state index contributed by atoms with van der Waals surface area (Å²) in [6.45, 7) is 14.7. The monoisotopic (exact) mass is 942 g/mol. The number of nitrogens with zero attached hydrogens (tertiary/aromatic N) is 3. The summed E-state index contributed by atoms with van der Waals surface area (Å²) < 4.78 is 36.4. The maximum Gasteiger partial charge on any atom is 0.419 e. The molecule has 0 fully saturated rings. The normalized spacial score (nSPS) is 16.5. The molecule has 1 N–H and O–H groups in total. The molecule has 2 aromatic rings. The number of halogens is 1. The van der Waals surface area contributed by atoms with Gasteiger partial charge in [0.25, 0.3) is 11.4 Å². The zero-order valence-corrected chi connectivity index (χ0v) is 39.3. The molecular weight excluding hydrogens is 888 g/mol. The number of hydrogen-bond donors (Lipinski definition) is 1. The van der Waals surface area contributed by atoms with Crippen molar-refractivity contribution < 1.29 is 67.0 Å². The van der Waals surface area contributed by atoms with Crippen LogP contribution in [0.1, 0.15) is 85.3 Å². The summed E-state index contributed by atoms with van der Waals surface area (Å²) in [6.07, 6.45) is -1.84. The van der Waals surface area contributed by atoms with Gasteiger partial charge in [0.05, 0.1) is 69.4 Å². The zero-order chi connectivity index (χ0) is 49.6. The SMILES string of the molecule is COCCOC(=O)C1=C(C)N(C(=O)OC(C)Cl)C(C)=C(C(=O)OC(C)C)C1c1cccc([N+](=O)[O-])c1.COCCOC(=O)C1=C(C)NC(C)=C(C(=O)OC(C)C)C1c1cccc([N+](=O)[O-])c1. The van der Waals surface area contributed by atoms with Crippen LogP contribution in [0.2, 0.25) is 0 Å². The highest BCUT2D eigenvalue weighted by molar-refractivity contribution is 6.20. The molecule has 3 unspecified atom stereocenters. The smallest absolute Gasteiger partial charge is 0.419 e. The third kappa shape index (κ3) is 13.7. The van der Waals surface area contributed by atoms with Gasteiger partial charge < -0.3 is 38.5 Å². The molecule has 2 heterocycles. The minimum Gasteiger partial charge on any atom is -0.460 e. The van der Waals surface area contributed by atoms with Gasteiger partial charge >= 0.3 is 30.0 Å². The fourth-order valence-electron chi connectivity index (χ4n) is 7.03. The molecule has 0 saturated carbocycles. The predicted molar refractivity (Wildman–Crippen MR) is 237 cm³/mol. The molecule has 3 atom stereocenters. The van der Waals surface area contributed by atoms with Gasteiger partial charge in [-0.1, -0.05) is 35.9 Å². The fourth-order valence-corrected chi connectivity index (χ4v) is 7.11. The first-order valence-corrected chi connectivity index (χ1v) is 21.0. The van der Waals surface area contributed by atoms with Gasteiger partial charge in [-0.3, -0.25) is 25.1 Å². The van der Waals surface area contributed by atoms with Crippen molar-refractivity contribution in [2.75, 3.05) is 40.6 Å². The number of methoxy groups -OCH3 is 2. The lowest BCUT2D eigenvalue weighted by Gasteiger charge is -2.36. The number of nitro groups is 2. The van der Waals surface area contributed by atoms with Crippen LogP contribution in [0.4, 0.5) is 16.2 Å². The topological polar surface area (TPSA) is 252 Å². The van der Waals surface area contributed by atoms with Crippen LogP contribution in [-0.4, -0.2) is 103 Å². The van der Waals surface area contributed by atoms with E-state index in [1.165, 1.54) is 77.5 Å². The quantitative estimate of drug-likeness (QED) is 0.0405. The second kappa shape index (κ2) is 24.6. The Kier molecular flexibility index (Phi) is 20.0. The molecule has 66 heavy (non-hydrogen) atoms. The number of rotatable bonds is 17. The summed E-state index contributed by atoms with van der Waals surface area (Å²) in [4.78, 5) is 88.1. The van der Waals surface area contributed by atoms with Crippen LogP contribution in [0.25, 0.3) is 0 Å². The van der Waals surface area contributed by atoms with Gasteiger partial charge in [0.15, 0.2) is 5.56 Å². The lowest BCUT2D eigenvalue weighted by atomic mass is 9.79. The van der Waals surface area contributed by atoms with E-state index in [1.807, 2.05) is 0 Å². The number of carbonyl (C=O) groups is 5. The Morgan fingerprint density at radius 1 is 0.621 bits per heavy atom. The molecule has 0 spiro atoms. The number of allylic oxidation sites excluding steroid dienone is 4. The number of esters is 4. The molecule has 0 radical (unpaired) electrons. The van der Waals surface area contributed by atoms with E-state index >= 15 is 0 Å². The molecule has 1 amide bonds. The summed E-state index contributed by atoms with van der Waals surface area (Å²) in [5.74, 6) is -4.93. The number of amides is 1. The van der Waals surface area contributed by atoms with E-state index < -0.39 is 63.3 Å². The number of nitro benzene ring substituents is 2. The Labute approximate surface area is 386 Å². The lowest BCUT2D eigenvalue weighted by Crippen LogP contribution is -2.39. The molecule has 2 aromatic carbocycles. The van der Waals surface area contributed by atoms with E-state index in [0.717, 1.165) is 4.90 Å².